The van der Waals surface area contributed by atoms with Crippen LogP contribution in [-0.4, -0.2) is 72.5 Å². The molecule has 0 atom stereocenters. The van der Waals surface area contributed by atoms with Crippen LogP contribution in [0.25, 0.3) is 22.3 Å². The third kappa shape index (κ3) is 4.02. The first-order valence-corrected chi connectivity index (χ1v) is 10.1. The number of H-pyrrole nitrogens is 1. The van der Waals surface area contributed by atoms with Gasteiger partial charge in [0.25, 0.3) is 0 Å². The maximum absolute atomic E-state index is 13.3. The van der Waals surface area contributed by atoms with Gasteiger partial charge < -0.3 is 24.3 Å². The van der Waals surface area contributed by atoms with E-state index in [1.807, 2.05) is 9.80 Å². The molecule has 0 radical (unpaired) electrons. The van der Waals surface area contributed by atoms with Crippen molar-refractivity contribution in [2.45, 2.75) is 6.18 Å². The SMILES string of the molecule is FC(F)(F)c1cc2c(-c3nc(N4CCOCC4)nc(N4CCOCC4)n3)cccc2[nH]1. The molecule has 31 heavy (non-hydrogen) atoms. The Morgan fingerprint density at radius 1 is 0.839 bits per heavy atom. The van der Waals surface area contributed by atoms with Crippen LogP contribution in [0.2, 0.25) is 0 Å². The topological polar surface area (TPSA) is 79.4 Å². The zero-order valence-electron chi connectivity index (χ0n) is 16.7. The lowest BCUT2D eigenvalue weighted by atomic mass is 10.1. The zero-order valence-corrected chi connectivity index (χ0v) is 16.7. The van der Waals surface area contributed by atoms with Crippen LogP contribution in [0.3, 0.4) is 0 Å². The van der Waals surface area contributed by atoms with E-state index in [1.54, 1.807) is 18.2 Å². The van der Waals surface area contributed by atoms with Crippen LogP contribution in [0, 0.1) is 0 Å². The highest BCUT2D eigenvalue weighted by molar-refractivity contribution is 5.94. The quantitative estimate of drug-likeness (QED) is 0.679. The minimum atomic E-state index is -4.46. The summed E-state index contributed by atoms with van der Waals surface area (Å²) < 4.78 is 50.6. The standard InChI is InChI=1S/C20H21F3N6O2/c21-20(22,23)16-12-14-13(2-1-3-15(14)24-16)17-25-18(28-4-8-30-9-5-28)27-19(26-17)29-6-10-31-11-7-29/h1-3,12,24H,4-11H2. The number of ether oxygens (including phenoxy) is 2. The number of anilines is 2. The molecule has 0 aliphatic carbocycles. The van der Waals surface area contributed by atoms with Crippen molar-refractivity contribution in [2.24, 2.45) is 0 Å². The maximum Gasteiger partial charge on any atom is 0.431 e. The fourth-order valence-corrected chi connectivity index (χ4v) is 3.79. The molecular formula is C20H21F3N6O2. The lowest BCUT2D eigenvalue weighted by Gasteiger charge is -2.30. The second kappa shape index (κ2) is 7.97. The molecule has 2 aliphatic rings. The number of nitrogens with zero attached hydrogens (tertiary/aromatic N) is 5. The molecule has 2 aromatic heterocycles. The summed E-state index contributed by atoms with van der Waals surface area (Å²) in [5.41, 5.74) is 0.104. The fourth-order valence-electron chi connectivity index (χ4n) is 3.79. The van der Waals surface area contributed by atoms with Gasteiger partial charge in [-0.25, -0.2) is 0 Å². The zero-order chi connectivity index (χ0) is 21.4. The minimum absolute atomic E-state index is 0.344. The van der Waals surface area contributed by atoms with Crippen LogP contribution < -0.4 is 9.80 Å². The van der Waals surface area contributed by atoms with Gasteiger partial charge in [0, 0.05) is 42.6 Å². The first-order valence-electron chi connectivity index (χ1n) is 10.1. The Kier molecular flexibility index (Phi) is 5.14. The number of nitrogens with one attached hydrogen (secondary N) is 1. The van der Waals surface area contributed by atoms with Crippen molar-refractivity contribution < 1.29 is 22.6 Å². The highest BCUT2D eigenvalue weighted by atomic mass is 19.4. The van der Waals surface area contributed by atoms with E-state index in [1.165, 1.54) is 0 Å². The summed E-state index contributed by atoms with van der Waals surface area (Å²) in [6.45, 7) is 4.81. The molecule has 0 amide bonds. The van der Waals surface area contributed by atoms with Crippen molar-refractivity contribution in [2.75, 3.05) is 62.4 Å². The first-order chi connectivity index (χ1) is 15.0. The van der Waals surface area contributed by atoms with Gasteiger partial charge in [-0.05, 0) is 12.1 Å². The van der Waals surface area contributed by atoms with Gasteiger partial charge in [-0.3, -0.25) is 0 Å². The molecule has 1 aromatic carbocycles. The number of hydrogen-bond acceptors (Lipinski definition) is 7. The Bertz CT molecular complexity index is 1040. The van der Waals surface area contributed by atoms with Crippen molar-refractivity contribution in [1.29, 1.82) is 0 Å². The molecule has 1 N–H and O–H groups in total. The third-order valence-electron chi connectivity index (χ3n) is 5.41. The molecule has 0 spiro atoms. The predicted octanol–water partition coefficient (Wildman–Crippen LogP) is 2.71. The molecule has 2 fully saturated rings. The number of alkyl halides is 3. The molecule has 2 aliphatic heterocycles. The van der Waals surface area contributed by atoms with Crippen LogP contribution in [0.4, 0.5) is 25.1 Å². The van der Waals surface area contributed by atoms with Crippen LogP contribution in [0.15, 0.2) is 24.3 Å². The number of aromatic amines is 1. The van der Waals surface area contributed by atoms with Gasteiger partial charge in [-0.1, -0.05) is 12.1 Å². The summed E-state index contributed by atoms with van der Waals surface area (Å²) in [5.74, 6) is 1.34. The number of benzene rings is 1. The number of halogens is 3. The van der Waals surface area contributed by atoms with Gasteiger partial charge in [-0.2, -0.15) is 28.1 Å². The summed E-state index contributed by atoms with van der Waals surface area (Å²) >= 11 is 0. The molecule has 2 saturated heterocycles. The Balaban J connectivity index is 1.63. The monoisotopic (exact) mass is 434 g/mol. The minimum Gasteiger partial charge on any atom is -0.378 e. The van der Waals surface area contributed by atoms with E-state index in [0.717, 1.165) is 6.07 Å². The molecule has 8 nitrogen and oxygen atoms in total. The van der Waals surface area contributed by atoms with Gasteiger partial charge in [0.2, 0.25) is 11.9 Å². The van der Waals surface area contributed by atoms with E-state index in [9.17, 15) is 13.2 Å². The van der Waals surface area contributed by atoms with E-state index in [4.69, 9.17) is 9.47 Å². The Labute approximate surface area is 176 Å². The molecule has 0 bridgehead atoms. The summed E-state index contributed by atoms with van der Waals surface area (Å²) in [7, 11) is 0. The largest absolute Gasteiger partial charge is 0.431 e. The van der Waals surface area contributed by atoms with Crippen LogP contribution in [0.5, 0.6) is 0 Å². The Hall–Kier alpha value is -2.92. The second-order valence-corrected chi connectivity index (χ2v) is 7.41. The van der Waals surface area contributed by atoms with Gasteiger partial charge in [0.05, 0.1) is 26.4 Å². The lowest BCUT2D eigenvalue weighted by molar-refractivity contribution is -0.140. The highest BCUT2D eigenvalue weighted by Crippen LogP contribution is 2.35. The van der Waals surface area contributed by atoms with Gasteiger partial charge >= 0.3 is 6.18 Å². The first kappa shape index (κ1) is 20.0. The molecule has 0 unspecified atom stereocenters. The van der Waals surface area contributed by atoms with Crippen LogP contribution in [0.1, 0.15) is 5.69 Å². The summed E-state index contributed by atoms with van der Waals surface area (Å²) in [4.78, 5) is 20.4. The summed E-state index contributed by atoms with van der Waals surface area (Å²) in [6.07, 6.45) is -4.46. The van der Waals surface area contributed by atoms with Gasteiger partial charge in [0.1, 0.15) is 5.69 Å². The van der Waals surface area contributed by atoms with Crippen molar-refractivity contribution in [3.8, 4) is 11.4 Å². The highest BCUT2D eigenvalue weighted by Gasteiger charge is 2.33. The van der Waals surface area contributed by atoms with E-state index in [-0.39, 0.29) is 0 Å². The predicted molar refractivity (Wildman–Crippen MR) is 108 cm³/mol. The molecular weight excluding hydrogens is 413 g/mol. The third-order valence-corrected chi connectivity index (χ3v) is 5.41. The fraction of sp³-hybridized carbons (Fsp3) is 0.450. The van der Waals surface area contributed by atoms with E-state index >= 15 is 0 Å². The number of aromatic nitrogens is 4. The second-order valence-electron chi connectivity index (χ2n) is 7.41. The maximum atomic E-state index is 13.3. The van der Waals surface area contributed by atoms with E-state index in [0.29, 0.717) is 86.8 Å². The van der Waals surface area contributed by atoms with Gasteiger partial charge in [-0.15, -0.1) is 0 Å². The Morgan fingerprint density at radius 3 is 1.97 bits per heavy atom. The van der Waals surface area contributed by atoms with Crippen LogP contribution >= 0.6 is 0 Å². The average Bonchev–Trinajstić information content (AvgIpc) is 3.25. The molecule has 5 rings (SSSR count). The summed E-state index contributed by atoms with van der Waals surface area (Å²) in [5, 5.41) is 0.418. The average molecular weight is 434 g/mol. The molecule has 0 saturated carbocycles. The van der Waals surface area contributed by atoms with E-state index < -0.39 is 11.9 Å². The van der Waals surface area contributed by atoms with Crippen molar-refractivity contribution in [3.05, 3.63) is 30.0 Å². The Morgan fingerprint density at radius 2 is 1.42 bits per heavy atom. The smallest absolute Gasteiger partial charge is 0.378 e. The normalized spacial score (nSPS) is 18.0. The molecule has 164 valence electrons. The molecule has 11 heteroatoms. The molecule has 3 aromatic rings. The number of fused-ring (bicyclic) bond motifs is 1. The summed E-state index contributed by atoms with van der Waals surface area (Å²) in [6, 6.07) is 6.15. The number of rotatable bonds is 3. The van der Waals surface area contributed by atoms with Gasteiger partial charge in [0.15, 0.2) is 5.82 Å². The van der Waals surface area contributed by atoms with Crippen molar-refractivity contribution in [1.82, 2.24) is 19.9 Å². The molecule has 4 heterocycles. The van der Waals surface area contributed by atoms with Crippen molar-refractivity contribution >= 4 is 22.8 Å². The lowest BCUT2D eigenvalue weighted by Crippen LogP contribution is -2.40. The van der Waals surface area contributed by atoms with Crippen LogP contribution in [-0.2, 0) is 15.7 Å². The number of morpholine rings is 2. The van der Waals surface area contributed by atoms with E-state index in [2.05, 4.69) is 19.9 Å². The number of hydrogen-bond donors (Lipinski definition) is 1. The van der Waals surface area contributed by atoms with Crippen molar-refractivity contribution in [3.63, 3.8) is 0 Å².